The van der Waals surface area contributed by atoms with Crippen LogP contribution in [-0.4, -0.2) is 19.4 Å². The van der Waals surface area contributed by atoms with Crippen LogP contribution < -0.4 is 10.1 Å². The fraction of sp³-hybridized carbons (Fsp3) is 0.600. The molecule has 1 aromatic rings. The lowest BCUT2D eigenvalue weighted by atomic mass is 10.0. The van der Waals surface area contributed by atoms with Crippen molar-refractivity contribution in [3.63, 3.8) is 0 Å². The number of ether oxygens (including phenoxy) is 1. The fourth-order valence-corrected chi connectivity index (χ4v) is 2.45. The normalized spacial score (nSPS) is 12.4. The van der Waals surface area contributed by atoms with Gasteiger partial charge in [0.25, 0.3) is 0 Å². The van der Waals surface area contributed by atoms with E-state index >= 15 is 0 Å². The largest absolute Gasteiger partial charge is 0.494 e. The summed E-state index contributed by atoms with van der Waals surface area (Å²) in [4.78, 5) is 0. The first kappa shape index (κ1) is 15.4. The summed E-state index contributed by atoms with van der Waals surface area (Å²) in [5, 5.41) is 3.52. The molecular weight excluding hydrogens is 242 g/mol. The maximum Gasteiger partial charge on any atom is 0.123 e. The first-order valence-corrected chi connectivity index (χ1v) is 8.10. The molecule has 1 unspecified atom stereocenters. The maximum atomic E-state index is 5.67. The molecule has 1 rings (SSSR count). The minimum Gasteiger partial charge on any atom is -0.494 e. The SMILES string of the molecule is CCCNC(C)c1ccc(OCC)c(CSC)c1. The van der Waals surface area contributed by atoms with Gasteiger partial charge in [0.1, 0.15) is 5.75 Å². The summed E-state index contributed by atoms with van der Waals surface area (Å²) in [6, 6.07) is 6.95. The smallest absolute Gasteiger partial charge is 0.123 e. The Morgan fingerprint density at radius 2 is 2.11 bits per heavy atom. The van der Waals surface area contributed by atoms with Gasteiger partial charge in [-0.15, -0.1) is 0 Å². The zero-order chi connectivity index (χ0) is 13.4. The van der Waals surface area contributed by atoms with Crippen molar-refractivity contribution in [3.8, 4) is 5.75 Å². The molecule has 18 heavy (non-hydrogen) atoms. The summed E-state index contributed by atoms with van der Waals surface area (Å²) in [5.41, 5.74) is 2.64. The van der Waals surface area contributed by atoms with Crippen LogP contribution in [0.4, 0.5) is 0 Å². The fourth-order valence-electron chi connectivity index (χ4n) is 1.91. The van der Waals surface area contributed by atoms with Gasteiger partial charge in [0.05, 0.1) is 6.61 Å². The van der Waals surface area contributed by atoms with Gasteiger partial charge in [-0.05, 0) is 50.8 Å². The average Bonchev–Trinajstić information content (AvgIpc) is 2.38. The van der Waals surface area contributed by atoms with Crippen LogP contribution in [-0.2, 0) is 5.75 Å². The zero-order valence-electron chi connectivity index (χ0n) is 12.0. The molecule has 0 fully saturated rings. The molecule has 1 N–H and O–H groups in total. The molecule has 1 atom stereocenters. The second-order valence-electron chi connectivity index (χ2n) is 4.41. The monoisotopic (exact) mass is 267 g/mol. The van der Waals surface area contributed by atoms with Crippen LogP contribution in [0, 0.1) is 0 Å². The molecule has 0 amide bonds. The molecule has 0 aliphatic heterocycles. The van der Waals surface area contributed by atoms with Crippen LogP contribution in [0.2, 0.25) is 0 Å². The van der Waals surface area contributed by atoms with Gasteiger partial charge in [0.2, 0.25) is 0 Å². The first-order chi connectivity index (χ1) is 8.72. The second kappa shape index (κ2) is 8.44. The van der Waals surface area contributed by atoms with E-state index in [9.17, 15) is 0 Å². The highest BCUT2D eigenvalue weighted by Gasteiger charge is 2.09. The Kier molecular flexibility index (Phi) is 7.21. The van der Waals surface area contributed by atoms with E-state index in [0.29, 0.717) is 6.04 Å². The summed E-state index contributed by atoms with van der Waals surface area (Å²) in [5.74, 6) is 2.03. The number of rotatable bonds is 8. The Balaban J connectivity index is 2.84. The predicted octanol–water partition coefficient (Wildman–Crippen LogP) is 4.01. The molecule has 3 heteroatoms. The van der Waals surface area contributed by atoms with Gasteiger partial charge >= 0.3 is 0 Å². The molecule has 0 saturated carbocycles. The molecule has 0 saturated heterocycles. The third-order valence-corrected chi connectivity index (χ3v) is 3.48. The molecule has 102 valence electrons. The van der Waals surface area contributed by atoms with Gasteiger partial charge in [-0.25, -0.2) is 0 Å². The van der Waals surface area contributed by atoms with E-state index in [1.807, 2.05) is 18.7 Å². The molecule has 1 aromatic carbocycles. The molecule has 0 bridgehead atoms. The minimum atomic E-state index is 0.404. The predicted molar refractivity (Wildman–Crippen MR) is 81.5 cm³/mol. The Labute approximate surface area is 116 Å². The van der Waals surface area contributed by atoms with Crippen molar-refractivity contribution in [2.75, 3.05) is 19.4 Å². The summed E-state index contributed by atoms with van der Waals surface area (Å²) in [6.45, 7) is 8.23. The van der Waals surface area contributed by atoms with Crippen molar-refractivity contribution in [1.82, 2.24) is 5.32 Å². The minimum absolute atomic E-state index is 0.404. The summed E-state index contributed by atoms with van der Waals surface area (Å²) >= 11 is 1.83. The van der Waals surface area contributed by atoms with Crippen LogP contribution >= 0.6 is 11.8 Å². The van der Waals surface area contributed by atoms with Gasteiger partial charge in [-0.1, -0.05) is 13.0 Å². The first-order valence-electron chi connectivity index (χ1n) is 6.70. The van der Waals surface area contributed by atoms with E-state index in [1.54, 1.807) is 0 Å². The van der Waals surface area contributed by atoms with Gasteiger partial charge in [-0.2, -0.15) is 11.8 Å². The molecule has 0 aliphatic rings. The average molecular weight is 267 g/mol. The number of thioether (sulfide) groups is 1. The van der Waals surface area contributed by atoms with E-state index in [4.69, 9.17) is 4.74 Å². The van der Waals surface area contributed by atoms with Gasteiger partial charge < -0.3 is 10.1 Å². The van der Waals surface area contributed by atoms with Crippen molar-refractivity contribution in [1.29, 1.82) is 0 Å². The molecule has 0 aliphatic carbocycles. The highest BCUT2D eigenvalue weighted by molar-refractivity contribution is 7.97. The number of nitrogens with one attached hydrogen (secondary N) is 1. The van der Waals surface area contributed by atoms with Crippen LogP contribution in [0.1, 0.15) is 44.4 Å². The lowest BCUT2D eigenvalue weighted by molar-refractivity contribution is 0.337. The van der Waals surface area contributed by atoms with E-state index in [-0.39, 0.29) is 0 Å². The Morgan fingerprint density at radius 3 is 2.72 bits per heavy atom. The molecular formula is C15H25NOS. The van der Waals surface area contributed by atoms with E-state index in [2.05, 4.69) is 43.6 Å². The van der Waals surface area contributed by atoms with E-state index in [0.717, 1.165) is 24.7 Å². The van der Waals surface area contributed by atoms with E-state index < -0.39 is 0 Å². The highest BCUT2D eigenvalue weighted by atomic mass is 32.2. The van der Waals surface area contributed by atoms with Crippen molar-refractivity contribution < 1.29 is 4.74 Å². The van der Waals surface area contributed by atoms with Crippen LogP contribution in [0.3, 0.4) is 0 Å². The molecule has 0 aromatic heterocycles. The molecule has 2 nitrogen and oxygen atoms in total. The van der Waals surface area contributed by atoms with Crippen molar-refractivity contribution in [2.45, 2.75) is 39.0 Å². The molecule has 0 heterocycles. The van der Waals surface area contributed by atoms with E-state index in [1.165, 1.54) is 17.5 Å². The quantitative estimate of drug-likeness (QED) is 0.769. The van der Waals surface area contributed by atoms with Crippen molar-refractivity contribution >= 4 is 11.8 Å². The van der Waals surface area contributed by atoms with Gasteiger partial charge in [0, 0.05) is 17.4 Å². The lowest BCUT2D eigenvalue weighted by Crippen LogP contribution is -2.19. The maximum absolute atomic E-state index is 5.67. The molecule has 0 radical (unpaired) electrons. The highest BCUT2D eigenvalue weighted by Crippen LogP contribution is 2.26. The van der Waals surface area contributed by atoms with Crippen LogP contribution in [0.15, 0.2) is 18.2 Å². The summed E-state index contributed by atoms with van der Waals surface area (Å²) in [7, 11) is 0. The van der Waals surface area contributed by atoms with Crippen molar-refractivity contribution in [3.05, 3.63) is 29.3 Å². The van der Waals surface area contributed by atoms with Crippen LogP contribution in [0.5, 0.6) is 5.75 Å². The lowest BCUT2D eigenvalue weighted by Gasteiger charge is -2.17. The number of hydrogen-bond donors (Lipinski definition) is 1. The third-order valence-electron chi connectivity index (χ3n) is 2.88. The standard InChI is InChI=1S/C15H25NOS/c1-5-9-16-12(3)13-7-8-15(17-6-2)14(10-13)11-18-4/h7-8,10,12,16H,5-6,9,11H2,1-4H3. The Morgan fingerprint density at radius 1 is 1.33 bits per heavy atom. The number of hydrogen-bond acceptors (Lipinski definition) is 3. The zero-order valence-corrected chi connectivity index (χ0v) is 12.8. The van der Waals surface area contributed by atoms with Crippen LogP contribution in [0.25, 0.3) is 0 Å². The second-order valence-corrected chi connectivity index (χ2v) is 5.28. The Hall–Kier alpha value is -0.670. The summed E-state index contributed by atoms with van der Waals surface area (Å²) in [6.07, 6.45) is 3.29. The Bertz CT molecular complexity index is 354. The third kappa shape index (κ3) is 4.54. The molecule has 0 spiro atoms. The topological polar surface area (TPSA) is 21.3 Å². The van der Waals surface area contributed by atoms with Crippen molar-refractivity contribution in [2.24, 2.45) is 0 Å². The summed E-state index contributed by atoms with van der Waals surface area (Å²) < 4.78 is 5.67. The van der Waals surface area contributed by atoms with Gasteiger partial charge in [0.15, 0.2) is 0 Å². The number of benzene rings is 1. The van der Waals surface area contributed by atoms with Gasteiger partial charge in [-0.3, -0.25) is 0 Å².